The molecule has 176 valence electrons. The number of piperazine rings is 1. The van der Waals surface area contributed by atoms with Crippen molar-refractivity contribution in [3.63, 3.8) is 0 Å². The Kier molecular flexibility index (Phi) is 6.86. The molecule has 2 saturated heterocycles. The number of aromatic nitrogens is 2. The first kappa shape index (κ1) is 22.5. The van der Waals surface area contributed by atoms with Crippen LogP contribution in [0, 0.1) is 12.8 Å². The summed E-state index contributed by atoms with van der Waals surface area (Å²) < 4.78 is 0. The lowest BCUT2D eigenvalue weighted by Gasteiger charge is -2.38. The molecule has 2 aliphatic heterocycles. The van der Waals surface area contributed by atoms with Crippen LogP contribution in [0.4, 0.5) is 5.95 Å². The Hall–Kier alpha value is -3.25. The molecule has 0 N–H and O–H groups in total. The second kappa shape index (κ2) is 10.3. The van der Waals surface area contributed by atoms with Crippen molar-refractivity contribution in [3.05, 3.63) is 78.1 Å². The molecule has 34 heavy (non-hydrogen) atoms. The molecule has 3 heterocycles. The summed E-state index contributed by atoms with van der Waals surface area (Å²) in [6, 6.07) is 19.0. The van der Waals surface area contributed by atoms with Crippen molar-refractivity contribution in [2.24, 2.45) is 5.92 Å². The Bertz CT molecular complexity index is 1090. The minimum atomic E-state index is 0.114. The standard InChI is InChI=1S/C28H33N5O/c1-22-6-5-9-25(18-22)26-19-29-28(30-20-26)33-12-10-24(11-13-33)27(34)32-16-14-31(15-17-32)21-23-7-3-2-4-8-23/h2-9,18-20,24H,10-17,21H2,1H3. The molecule has 0 radical (unpaired) electrons. The second-order valence-electron chi connectivity index (χ2n) is 9.49. The van der Waals surface area contributed by atoms with Crippen LogP contribution in [0.25, 0.3) is 11.1 Å². The molecule has 6 heteroatoms. The van der Waals surface area contributed by atoms with Gasteiger partial charge in [-0.15, -0.1) is 0 Å². The summed E-state index contributed by atoms with van der Waals surface area (Å²) in [6.45, 7) is 8.26. The van der Waals surface area contributed by atoms with E-state index in [-0.39, 0.29) is 5.92 Å². The third kappa shape index (κ3) is 5.28. The number of amides is 1. The number of carbonyl (C=O) groups is 1. The van der Waals surface area contributed by atoms with Crippen LogP contribution in [-0.4, -0.2) is 64.9 Å². The number of rotatable bonds is 5. The largest absolute Gasteiger partial charge is 0.341 e. The van der Waals surface area contributed by atoms with Crippen LogP contribution < -0.4 is 4.90 Å². The summed E-state index contributed by atoms with van der Waals surface area (Å²) in [6.07, 6.45) is 5.55. The molecular weight excluding hydrogens is 422 g/mol. The molecule has 0 spiro atoms. The van der Waals surface area contributed by atoms with Crippen molar-refractivity contribution >= 4 is 11.9 Å². The summed E-state index contributed by atoms with van der Waals surface area (Å²) in [5, 5.41) is 0. The molecule has 2 aromatic carbocycles. The highest BCUT2D eigenvalue weighted by molar-refractivity contribution is 5.79. The van der Waals surface area contributed by atoms with Crippen molar-refractivity contribution in [1.29, 1.82) is 0 Å². The number of anilines is 1. The lowest BCUT2D eigenvalue weighted by molar-refractivity contribution is -0.138. The van der Waals surface area contributed by atoms with Gasteiger partial charge in [-0.05, 0) is 30.9 Å². The van der Waals surface area contributed by atoms with Gasteiger partial charge in [0, 0.05) is 69.7 Å². The minimum absolute atomic E-state index is 0.114. The predicted molar refractivity (Wildman–Crippen MR) is 135 cm³/mol. The van der Waals surface area contributed by atoms with Gasteiger partial charge in [-0.3, -0.25) is 9.69 Å². The van der Waals surface area contributed by atoms with Gasteiger partial charge in [0.05, 0.1) is 0 Å². The average molecular weight is 456 g/mol. The fourth-order valence-electron chi connectivity index (χ4n) is 5.01. The third-order valence-corrected chi connectivity index (χ3v) is 7.05. The quantitative estimate of drug-likeness (QED) is 0.582. The lowest BCUT2D eigenvalue weighted by atomic mass is 9.95. The van der Waals surface area contributed by atoms with Crippen molar-refractivity contribution < 1.29 is 4.79 Å². The molecule has 1 amide bonds. The first-order valence-corrected chi connectivity index (χ1v) is 12.3. The maximum atomic E-state index is 13.1. The second-order valence-corrected chi connectivity index (χ2v) is 9.49. The summed E-state index contributed by atoms with van der Waals surface area (Å²) in [7, 11) is 0. The maximum Gasteiger partial charge on any atom is 0.225 e. The van der Waals surface area contributed by atoms with Gasteiger partial charge < -0.3 is 9.80 Å². The van der Waals surface area contributed by atoms with Gasteiger partial charge in [-0.1, -0.05) is 60.2 Å². The van der Waals surface area contributed by atoms with Gasteiger partial charge in [0.2, 0.25) is 11.9 Å². The number of piperidine rings is 1. The molecule has 0 saturated carbocycles. The van der Waals surface area contributed by atoms with Gasteiger partial charge in [0.1, 0.15) is 0 Å². The average Bonchev–Trinajstić information content (AvgIpc) is 2.90. The van der Waals surface area contributed by atoms with E-state index in [0.29, 0.717) is 5.91 Å². The van der Waals surface area contributed by atoms with Crippen LogP contribution in [0.1, 0.15) is 24.0 Å². The van der Waals surface area contributed by atoms with Crippen molar-refractivity contribution in [3.8, 4) is 11.1 Å². The maximum absolute atomic E-state index is 13.1. The Labute approximate surface area is 202 Å². The predicted octanol–water partition coefficient (Wildman–Crippen LogP) is 4.01. The van der Waals surface area contributed by atoms with E-state index in [1.807, 2.05) is 12.4 Å². The zero-order valence-corrected chi connectivity index (χ0v) is 19.9. The highest BCUT2D eigenvalue weighted by Crippen LogP contribution is 2.25. The third-order valence-electron chi connectivity index (χ3n) is 7.05. The highest BCUT2D eigenvalue weighted by Gasteiger charge is 2.31. The van der Waals surface area contributed by atoms with Gasteiger partial charge in [0.25, 0.3) is 0 Å². The summed E-state index contributed by atoms with van der Waals surface area (Å²) >= 11 is 0. The number of aryl methyl sites for hydroxylation is 1. The topological polar surface area (TPSA) is 52.6 Å². The van der Waals surface area contributed by atoms with E-state index in [0.717, 1.165) is 75.7 Å². The first-order valence-electron chi connectivity index (χ1n) is 12.3. The van der Waals surface area contributed by atoms with Gasteiger partial charge in [-0.25, -0.2) is 9.97 Å². The van der Waals surface area contributed by atoms with E-state index in [2.05, 4.69) is 86.2 Å². The summed E-state index contributed by atoms with van der Waals surface area (Å²) in [5.74, 6) is 1.20. The molecule has 0 unspecified atom stereocenters. The molecule has 3 aromatic rings. The lowest BCUT2D eigenvalue weighted by Crippen LogP contribution is -2.51. The van der Waals surface area contributed by atoms with E-state index in [1.165, 1.54) is 11.1 Å². The number of nitrogens with zero attached hydrogens (tertiary/aromatic N) is 5. The van der Waals surface area contributed by atoms with Gasteiger partial charge >= 0.3 is 0 Å². The summed E-state index contributed by atoms with van der Waals surface area (Å²) in [5.41, 5.74) is 4.73. The van der Waals surface area contributed by atoms with Crippen LogP contribution in [-0.2, 0) is 11.3 Å². The highest BCUT2D eigenvalue weighted by atomic mass is 16.2. The molecular formula is C28H33N5O. The van der Waals surface area contributed by atoms with Gasteiger partial charge in [-0.2, -0.15) is 0 Å². The van der Waals surface area contributed by atoms with Crippen LogP contribution in [0.3, 0.4) is 0 Å². The van der Waals surface area contributed by atoms with Crippen LogP contribution in [0.15, 0.2) is 67.0 Å². The molecule has 0 bridgehead atoms. The van der Waals surface area contributed by atoms with E-state index in [9.17, 15) is 4.79 Å². The minimum Gasteiger partial charge on any atom is -0.341 e. The monoisotopic (exact) mass is 455 g/mol. The fraction of sp³-hybridized carbons (Fsp3) is 0.393. The molecule has 0 atom stereocenters. The zero-order chi connectivity index (χ0) is 23.3. The van der Waals surface area contributed by atoms with Crippen LogP contribution in [0.2, 0.25) is 0 Å². The molecule has 2 aliphatic rings. The van der Waals surface area contributed by atoms with Crippen LogP contribution >= 0.6 is 0 Å². The number of hydrogen-bond acceptors (Lipinski definition) is 5. The van der Waals surface area contributed by atoms with Crippen LogP contribution in [0.5, 0.6) is 0 Å². The SMILES string of the molecule is Cc1cccc(-c2cnc(N3CCC(C(=O)N4CCN(Cc5ccccc5)CC4)CC3)nc2)c1. The Balaban J connectivity index is 1.10. The number of hydrogen-bond donors (Lipinski definition) is 0. The van der Waals surface area contributed by atoms with Crippen molar-refractivity contribution in [2.75, 3.05) is 44.2 Å². The van der Waals surface area contributed by atoms with Crippen molar-refractivity contribution in [1.82, 2.24) is 19.8 Å². The normalized spacial score (nSPS) is 17.7. The van der Waals surface area contributed by atoms with Gasteiger partial charge in [0.15, 0.2) is 0 Å². The number of benzene rings is 2. The molecule has 5 rings (SSSR count). The summed E-state index contributed by atoms with van der Waals surface area (Å²) in [4.78, 5) is 29.1. The smallest absolute Gasteiger partial charge is 0.225 e. The van der Waals surface area contributed by atoms with Crippen molar-refractivity contribution in [2.45, 2.75) is 26.3 Å². The Morgan fingerprint density at radius 1 is 0.853 bits per heavy atom. The Morgan fingerprint density at radius 3 is 2.24 bits per heavy atom. The van der Waals surface area contributed by atoms with E-state index in [4.69, 9.17) is 0 Å². The van der Waals surface area contributed by atoms with E-state index >= 15 is 0 Å². The fourth-order valence-corrected chi connectivity index (χ4v) is 5.01. The molecule has 0 aliphatic carbocycles. The van der Waals surface area contributed by atoms with E-state index in [1.54, 1.807) is 0 Å². The zero-order valence-electron chi connectivity index (χ0n) is 19.9. The Morgan fingerprint density at radius 2 is 1.56 bits per heavy atom. The molecule has 1 aromatic heterocycles. The first-order chi connectivity index (χ1) is 16.7. The number of carbonyl (C=O) groups excluding carboxylic acids is 1. The molecule has 2 fully saturated rings. The van der Waals surface area contributed by atoms with E-state index < -0.39 is 0 Å². The molecule has 6 nitrogen and oxygen atoms in total.